The zero-order chi connectivity index (χ0) is 19.7. The smallest absolute Gasteiger partial charge is 0.342 e. The lowest BCUT2D eigenvalue weighted by Crippen LogP contribution is -2.49. The molecule has 2 aliphatic heterocycles. The van der Waals surface area contributed by atoms with E-state index in [1.165, 1.54) is 21.3 Å². The summed E-state index contributed by atoms with van der Waals surface area (Å²) < 4.78 is 65.5. The molecule has 27 heavy (non-hydrogen) atoms. The number of piperidine rings is 2. The summed E-state index contributed by atoms with van der Waals surface area (Å²) in [5.74, 6) is -2.16. The van der Waals surface area contributed by atoms with Crippen LogP contribution in [0.2, 0.25) is 0 Å². The summed E-state index contributed by atoms with van der Waals surface area (Å²) in [6.45, 7) is 0.452. The van der Waals surface area contributed by atoms with Crippen LogP contribution in [0.3, 0.4) is 0 Å². The van der Waals surface area contributed by atoms with Crippen molar-refractivity contribution in [3.05, 3.63) is 30.3 Å². The number of benzene rings is 1. The van der Waals surface area contributed by atoms with E-state index in [-0.39, 0.29) is 36.9 Å². The monoisotopic (exact) mass is 404 g/mol. The van der Waals surface area contributed by atoms with Gasteiger partial charge in [0.15, 0.2) is 0 Å². The molecular weight excluding hydrogens is 381 g/mol. The highest BCUT2D eigenvalue weighted by molar-refractivity contribution is 7.89. The molecule has 1 aromatic carbocycles. The minimum Gasteiger partial charge on any atom is -0.342 e. The summed E-state index contributed by atoms with van der Waals surface area (Å²) in [5, 5.41) is 0. The van der Waals surface area contributed by atoms with Crippen LogP contribution in [0.4, 0.5) is 13.2 Å². The van der Waals surface area contributed by atoms with Crippen molar-refractivity contribution in [1.29, 1.82) is 0 Å². The zero-order valence-electron chi connectivity index (χ0n) is 14.9. The first kappa shape index (κ1) is 20.1. The summed E-state index contributed by atoms with van der Waals surface area (Å²) in [7, 11) is -3.60. The van der Waals surface area contributed by atoms with Crippen molar-refractivity contribution in [2.75, 3.05) is 26.2 Å². The number of amides is 1. The quantitative estimate of drug-likeness (QED) is 0.779. The summed E-state index contributed by atoms with van der Waals surface area (Å²) in [6.07, 6.45) is -3.22. The fraction of sp³-hybridized carbons (Fsp3) is 0.611. The van der Waals surface area contributed by atoms with Gasteiger partial charge in [-0.25, -0.2) is 8.42 Å². The van der Waals surface area contributed by atoms with Gasteiger partial charge in [-0.2, -0.15) is 17.5 Å². The van der Waals surface area contributed by atoms with E-state index in [0.29, 0.717) is 25.8 Å². The van der Waals surface area contributed by atoms with Gasteiger partial charge < -0.3 is 4.90 Å². The third kappa shape index (κ3) is 4.45. The first-order valence-electron chi connectivity index (χ1n) is 9.10. The van der Waals surface area contributed by atoms with Gasteiger partial charge >= 0.3 is 6.18 Å². The van der Waals surface area contributed by atoms with E-state index >= 15 is 0 Å². The highest BCUT2D eigenvalue weighted by Gasteiger charge is 2.43. The number of carbonyl (C=O) groups excluding carboxylic acids is 1. The maximum absolute atomic E-state index is 13.0. The fourth-order valence-corrected chi connectivity index (χ4v) is 5.28. The first-order valence-corrected chi connectivity index (χ1v) is 10.5. The molecule has 9 heteroatoms. The maximum atomic E-state index is 13.0. The SMILES string of the molecule is O=C(C1CCN(S(=O)(=O)c2ccccc2)CC1)N1CCC[C@H](C(F)(F)F)C1. The van der Waals surface area contributed by atoms with Gasteiger partial charge in [-0.3, -0.25) is 4.79 Å². The molecule has 0 aromatic heterocycles. The van der Waals surface area contributed by atoms with Gasteiger partial charge in [0.05, 0.1) is 10.8 Å². The summed E-state index contributed by atoms with van der Waals surface area (Å²) in [6, 6.07) is 8.08. The number of alkyl halides is 3. The van der Waals surface area contributed by atoms with Crippen molar-refractivity contribution < 1.29 is 26.4 Å². The number of hydrogen-bond donors (Lipinski definition) is 0. The lowest BCUT2D eigenvalue weighted by Gasteiger charge is -2.38. The predicted octanol–water partition coefficient (Wildman–Crippen LogP) is 2.89. The van der Waals surface area contributed by atoms with Gasteiger partial charge in [0, 0.05) is 32.1 Å². The Bertz CT molecular complexity index is 760. The van der Waals surface area contributed by atoms with Crippen molar-refractivity contribution >= 4 is 15.9 Å². The molecule has 1 amide bonds. The Kier molecular flexibility index (Phi) is 5.81. The Morgan fingerprint density at radius 1 is 1.00 bits per heavy atom. The van der Waals surface area contributed by atoms with E-state index in [1.54, 1.807) is 18.2 Å². The molecule has 2 heterocycles. The number of halogens is 3. The molecule has 1 aromatic rings. The summed E-state index contributed by atoms with van der Waals surface area (Å²) in [4.78, 5) is 14.2. The Labute approximate surface area is 157 Å². The number of hydrogen-bond acceptors (Lipinski definition) is 3. The highest BCUT2D eigenvalue weighted by atomic mass is 32.2. The molecule has 0 spiro atoms. The second-order valence-corrected chi connectivity index (χ2v) is 9.09. The molecule has 0 radical (unpaired) electrons. The van der Waals surface area contributed by atoms with Crippen LogP contribution in [-0.4, -0.2) is 55.9 Å². The maximum Gasteiger partial charge on any atom is 0.393 e. The van der Waals surface area contributed by atoms with E-state index in [2.05, 4.69) is 0 Å². The van der Waals surface area contributed by atoms with Crippen LogP contribution < -0.4 is 0 Å². The number of likely N-dealkylation sites (tertiary alicyclic amines) is 1. The Morgan fingerprint density at radius 3 is 2.22 bits per heavy atom. The van der Waals surface area contributed by atoms with Crippen LogP contribution in [0.5, 0.6) is 0 Å². The van der Waals surface area contributed by atoms with E-state index < -0.39 is 28.0 Å². The molecule has 2 fully saturated rings. The van der Waals surface area contributed by atoms with Crippen LogP contribution in [0, 0.1) is 11.8 Å². The van der Waals surface area contributed by atoms with Gasteiger partial charge in [-0.05, 0) is 37.8 Å². The molecule has 2 aliphatic rings. The van der Waals surface area contributed by atoms with Crippen LogP contribution in [0.25, 0.3) is 0 Å². The van der Waals surface area contributed by atoms with Crippen molar-refractivity contribution in [2.45, 2.75) is 36.8 Å². The highest BCUT2D eigenvalue weighted by Crippen LogP contribution is 2.34. The summed E-state index contributed by atoms with van der Waals surface area (Å²) >= 11 is 0. The second-order valence-electron chi connectivity index (χ2n) is 7.16. The average molecular weight is 404 g/mol. The third-order valence-electron chi connectivity index (χ3n) is 5.38. The standard InChI is InChI=1S/C18H23F3N2O3S/c19-18(20,21)15-5-4-10-22(13-15)17(24)14-8-11-23(12-9-14)27(25,26)16-6-2-1-3-7-16/h1-3,6-7,14-15H,4-5,8-13H2/t15-/m0/s1. The van der Waals surface area contributed by atoms with E-state index in [4.69, 9.17) is 0 Å². The minimum absolute atomic E-state index is 0.0566. The number of rotatable bonds is 3. The zero-order valence-corrected chi connectivity index (χ0v) is 15.7. The Balaban J connectivity index is 1.60. The van der Waals surface area contributed by atoms with Gasteiger partial charge in [-0.1, -0.05) is 18.2 Å². The molecule has 5 nitrogen and oxygen atoms in total. The molecule has 0 unspecified atom stereocenters. The van der Waals surface area contributed by atoms with Crippen molar-refractivity contribution in [3.63, 3.8) is 0 Å². The fourth-order valence-electron chi connectivity index (χ4n) is 3.79. The molecule has 0 saturated carbocycles. The normalized spacial score (nSPS) is 23.4. The lowest BCUT2D eigenvalue weighted by molar-refractivity contribution is -0.188. The lowest BCUT2D eigenvalue weighted by atomic mass is 9.92. The number of sulfonamides is 1. The van der Waals surface area contributed by atoms with Gasteiger partial charge in [0.1, 0.15) is 0 Å². The molecule has 1 atom stereocenters. The van der Waals surface area contributed by atoms with Crippen LogP contribution in [0.1, 0.15) is 25.7 Å². The molecular formula is C18H23F3N2O3S. The third-order valence-corrected chi connectivity index (χ3v) is 7.29. The average Bonchev–Trinajstić information content (AvgIpc) is 2.67. The molecule has 0 aliphatic carbocycles. The van der Waals surface area contributed by atoms with Crippen LogP contribution in [0.15, 0.2) is 35.2 Å². The number of carbonyl (C=O) groups is 1. The van der Waals surface area contributed by atoms with E-state index in [1.807, 2.05) is 0 Å². The largest absolute Gasteiger partial charge is 0.393 e. The van der Waals surface area contributed by atoms with Gasteiger partial charge in [0.25, 0.3) is 0 Å². The van der Waals surface area contributed by atoms with Crippen molar-refractivity contribution in [3.8, 4) is 0 Å². The molecule has 0 N–H and O–H groups in total. The van der Waals surface area contributed by atoms with Crippen LogP contribution in [-0.2, 0) is 14.8 Å². The van der Waals surface area contributed by atoms with Crippen LogP contribution >= 0.6 is 0 Å². The van der Waals surface area contributed by atoms with E-state index in [9.17, 15) is 26.4 Å². The van der Waals surface area contributed by atoms with Crippen molar-refractivity contribution in [1.82, 2.24) is 9.21 Å². The van der Waals surface area contributed by atoms with Gasteiger partial charge in [0.2, 0.25) is 15.9 Å². The Morgan fingerprint density at radius 2 is 1.63 bits per heavy atom. The number of nitrogens with zero attached hydrogens (tertiary/aromatic N) is 2. The van der Waals surface area contributed by atoms with E-state index in [0.717, 1.165) is 0 Å². The first-order chi connectivity index (χ1) is 12.7. The van der Waals surface area contributed by atoms with Gasteiger partial charge in [-0.15, -0.1) is 0 Å². The summed E-state index contributed by atoms with van der Waals surface area (Å²) in [5.41, 5.74) is 0. The molecule has 150 valence electrons. The Hall–Kier alpha value is -1.61. The van der Waals surface area contributed by atoms with Crippen molar-refractivity contribution in [2.24, 2.45) is 11.8 Å². The molecule has 3 rings (SSSR count). The topological polar surface area (TPSA) is 57.7 Å². The predicted molar refractivity (Wildman–Crippen MR) is 93.3 cm³/mol. The molecule has 0 bridgehead atoms. The minimum atomic E-state index is -4.29. The molecule has 2 saturated heterocycles. The second kappa shape index (κ2) is 7.79.